The van der Waals surface area contributed by atoms with Gasteiger partial charge in [-0.2, -0.15) is 15.0 Å². The molecule has 0 radical (unpaired) electrons. The van der Waals surface area contributed by atoms with Crippen LogP contribution in [-0.4, -0.2) is 60.1 Å². The van der Waals surface area contributed by atoms with Crippen molar-refractivity contribution in [2.24, 2.45) is 47.3 Å². The van der Waals surface area contributed by atoms with E-state index in [0.29, 0.717) is 30.9 Å². The van der Waals surface area contributed by atoms with Crippen molar-refractivity contribution < 1.29 is 19.2 Å². The van der Waals surface area contributed by atoms with Gasteiger partial charge in [-0.1, -0.05) is 50.7 Å². The fraction of sp³-hybridized carbons (Fsp3) is 0.605. The second-order valence-electron chi connectivity index (χ2n) is 17.1. The minimum Gasteiger partial charge on any atom is -0.351 e. The predicted octanol–water partition coefficient (Wildman–Crippen LogP) is 6.18. The number of carbonyl (C=O) groups is 4. The zero-order valence-corrected chi connectivity index (χ0v) is 31.5. The van der Waals surface area contributed by atoms with Crippen LogP contribution in [-0.2, 0) is 32.3 Å². The van der Waals surface area contributed by atoms with Gasteiger partial charge in [0.05, 0.1) is 0 Å². The Hall–Kier alpha value is -4.61. The van der Waals surface area contributed by atoms with Gasteiger partial charge >= 0.3 is 0 Å². The summed E-state index contributed by atoms with van der Waals surface area (Å²) in [6.45, 7) is 0.917. The van der Waals surface area contributed by atoms with Crippen molar-refractivity contribution in [3.05, 3.63) is 60.2 Å². The summed E-state index contributed by atoms with van der Waals surface area (Å²) in [7, 11) is 0. The molecule has 3 aromatic rings. The van der Waals surface area contributed by atoms with Crippen molar-refractivity contribution in [3.8, 4) is 0 Å². The summed E-state index contributed by atoms with van der Waals surface area (Å²) in [5.41, 5.74) is 1.95. The molecule has 288 valence electrons. The Morgan fingerprint density at radius 3 is 1.35 bits per heavy atom. The van der Waals surface area contributed by atoms with Crippen molar-refractivity contribution in [1.82, 2.24) is 24.9 Å². The van der Waals surface area contributed by atoms with E-state index in [-0.39, 0.29) is 70.7 Å². The molecule has 0 aliphatic heterocycles. The molecule has 12 nitrogen and oxygen atoms in total. The Balaban J connectivity index is 1.07. The summed E-state index contributed by atoms with van der Waals surface area (Å²) < 4.78 is 0. The first kappa shape index (κ1) is 36.1. The molecule has 10 unspecified atom stereocenters. The van der Waals surface area contributed by atoms with Crippen LogP contribution in [0, 0.1) is 47.3 Å². The highest BCUT2D eigenvalue weighted by atomic mass is 16.2. The Kier molecular flexibility index (Phi) is 10.2. The molecule has 0 saturated heterocycles. The number of hydrogen-bond acceptors (Lipinski definition) is 12. The number of ketones is 4. The van der Waals surface area contributed by atoms with Crippen LogP contribution in [0.4, 0.5) is 17.8 Å². The third kappa shape index (κ3) is 7.05. The molecule has 0 bridgehead atoms. The summed E-state index contributed by atoms with van der Waals surface area (Å²) in [6, 6.07) is 7.27. The third-order valence-electron chi connectivity index (χ3n) is 13.9. The lowest BCUT2D eigenvalue weighted by molar-refractivity contribution is -0.151. The molecule has 0 amide bonds. The number of nitrogens with one attached hydrogen (secondary N) is 2. The fourth-order valence-electron chi connectivity index (χ4n) is 11.4. The van der Waals surface area contributed by atoms with Gasteiger partial charge in [0.2, 0.25) is 17.8 Å². The zero-order valence-electron chi connectivity index (χ0n) is 31.5. The maximum atomic E-state index is 14.2. The van der Waals surface area contributed by atoms with E-state index in [1.165, 1.54) is 0 Å². The van der Waals surface area contributed by atoms with Crippen LogP contribution in [0.3, 0.4) is 0 Å². The van der Waals surface area contributed by atoms with Gasteiger partial charge in [-0.3, -0.25) is 29.1 Å². The Bertz CT molecular complexity index is 1780. The molecular weight excluding hydrogens is 693 g/mol. The molecule has 6 aliphatic rings. The molecule has 6 aliphatic carbocycles. The maximum Gasteiger partial charge on any atom is 0.232 e. The average Bonchev–Trinajstić information content (AvgIpc) is 3.22. The first-order chi connectivity index (χ1) is 26.9. The number of Topliss-reactive ketones (excluding diaryl/α,β-unsaturated/α-hetero) is 4. The van der Waals surface area contributed by atoms with Crippen molar-refractivity contribution in [2.45, 2.75) is 115 Å². The van der Waals surface area contributed by atoms with Gasteiger partial charge < -0.3 is 15.5 Å². The molecule has 3 aromatic heterocycles. The van der Waals surface area contributed by atoms with Crippen molar-refractivity contribution in [2.75, 3.05) is 15.5 Å². The van der Waals surface area contributed by atoms with E-state index in [0.717, 1.165) is 101 Å². The third-order valence-corrected chi connectivity index (χ3v) is 13.9. The molecule has 6 saturated carbocycles. The molecule has 10 atom stereocenters. The number of rotatable bonds is 9. The summed E-state index contributed by atoms with van der Waals surface area (Å²) in [5.74, 6) is 0.0674. The largest absolute Gasteiger partial charge is 0.351 e. The number of pyridine rings is 2. The number of nitrogens with zero attached hydrogens (tertiary/aromatic N) is 6. The highest BCUT2D eigenvalue weighted by Crippen LogP contribution is 2.48. The van der Waals surface area contributed by atoms with Gasteiger partial charge in [0, 0.05) is 97.3 Å². The second kappa shape index (κ2) is 15.5. The van der Waals surface area contributed by atoms with Crippen LogP contribution < -0.4 is 15.5 Å². The molecule has 2 N–H and O–H groups in total. The maximum absolute atomic E-state index is 14.2. The predicted molar refractivity (Wildman–Crippen MR) is 206 cm³/mol. The smallest absolute Gasteiger partial charge is 0.232 e. The second-order valence-corrected chi connectivity index (χ2v) is 17.1. The van der Waals surface area contributed by atoms with Gasteiger partial charge in [0.25, 0.3) is 0 Å². The van der Waals surface area contributed by atoms with E-state index in [1.54, 1.807) is 12.4 Å². The van der Waals surface area contributed by atoms with E-state index in [9.17, 15) is 19.2 Å². The highest BCUT2D eigenvalue weighted by Gasteiger charge is 2.55. The van der Waals surface area contributed by atoms with Crippen LogP contribution in [0.2, 0.25) is 0 Å². The van der Waals surface area contributed by atoms with Crippen molar-refractivity contribution >= 4 is 41.0 Å². The topological polar surface area (TPSA) is 160 Å². The lowest BCUT2D eigenvalue weighted by Crippen LogP contribution is -2.56. The number of aromatic nitrogens is 5. The molecular formula is C43H52N8O4. The van der Waals surface area contributed by atoms with E-state index in [2.05, 4.69) is 25.5 Å². The van der Waals surface area contributed by atoms with Crippen LogP contribution in [0.1, 0.15) is 101 Å². The Labute approximate surface area is 322 Å². The number of carbonyl (C=O) groups excluding carboxylic acids is 4. The quantitative estimate of drug-likeness (QED) is 0.257. The minimum atomic E-state index is -0.410. The number of fused-ring (bicyclic) bond motifs is 4. The van der Waals surface area contributed by atoms with Crippen molar-refractivity contribution in [1.29, 1.82) is 0 Å². The highest BCUT2D eigenvalue weighted by molar-refractivity contribution is 6.01. The number of hydrogen-bond donors (Lipinski definition) is 2. The van der Waals surface area contributed by atoms with E-state index in [1.807, 2.05) is 36.7 Å². The SMILES string of the molecule is O=C1C2CCCCC2C(=O)C2C(Nc3nc(NC4CCCC5C(=O)C6CCCCC6C(=O)C45)nc(N(Cc4cccnc4)Cc4cccnc4)n3)CCCC12. The lowest BCUT2D eigenvalue weighted by atomic mass is 9.57. The van der Waals surface area contributed by atoms with Gasteiger partial charge in [-0.25, -0.2) is 0 Å². The zero-order chi connectivity index (χ0) is 37.5. The first-order valence-electron chi connectivity index (χ1n) is 20.9. The monoisotopic (exact) mass is 744 g/mol. The van der Waals surface area contributed by atoms with Crippen LogP contribution in [0.5, 0.6) is 0 Å². The first-order valence-corrected chi connectivity index (χ1v) is 20.9. The molecule has 6 fully saturated rings. The van der Waals surface area contributed by atoms with E-state index in [4.69, 9.17) is 15.0 Å². The van der Waals surface area contributed by atoms with E-state index < -0.39 is 11.8 Å². The van der Waals surface area contributed by atoms with Crippen LogP contribution in [0.15, 0.2) is 49.1 Å². The van der Waals surface area contributed by atoms with Crippen LogP contribution in [0.25, 0.3) is 0 Å². The van der Waals surface area contributed by atoms with Gasteiger partial charge in [0.1, 0.15) is 23.1 Å². The summed E-state index contributed by atoms with van der Waals surface area (Å²) in [6.07, 6.45) is 19.0. The van der Waals surface area contributed by atoms with Crippen LogP contribution >= 0.6 is 0 Å². The molecule has 55 heavy (non-hydrogen) atoms. The van der Waals surface area contributed by atoms with Gasteiger partial charge in [0.15, 0.2) is 0 Å². The van der Waals surface area contributed by atoms with Crippen molar-refractivity contribution in [3.63, 3.8) is 0 Å². The molecule has 0 spiro atoms. The minimum absolute atomic E-state index is 0.132. The van der Waals surface area contributed by atoms with E-state index >= 15 is 0 Å². The standard InChI is InChI=1S/C43H52N8O4/c52-37-27-11-1-3-13-29(27)39(54)35-31(37)15-5-17-33(35)46-41-48-42(47-34-18-6-16-32-36(34)40(55)30-14-4-2-12-28(30)38(32)53)50-43(49-41)51(23-25-9-7-19-44-21-25)24-26-10-8-20-45-22-26/h7-10,19-22,27-36H,1-6,11-18,23-24H2,(H2,46,47,48,49,50). The molecule has 0 aromatic carbocycles. The summed E-state index contributed by atoms with van der Waals surface area (Å²) in [5, 5.41) is 7.18. The fourth-order valence-corrected chi connectivity index (χ4v) is 11.4. The lowest BCUT2D eigenvalue weighted by Gasteiger charge is -2.46. The summed E-state index contributed by atoms with van der Waals surface area (Å²) in [4.78, 5) is 81.9. The van der Waals surface area contributed by atoms with Gasteiger partial charge in [-0.05, 0) is 74.6 Å². The Morgan fingerprint density at radius 1 is 0.509 bits per heavy atom. The Morgan fingerprint density at radius 2 is 0.927 bits per heavy atom. The molecule has 9 rings (SSSR count). The van der Waals surface area contributed by atoms with Gasteiger partial charge in [-0.15, -0.1) is 0 Å². The molecule has 3 heterocycles. The summed E-state index contributed by atoms with van der Waals surface area (Å²) >= 11 is 0. The average molecular weight is 745 g/mol. The normalized spacial score (nSPS) is 33.1. The number of anilines is 3. The molecule has 12 heteroatoms.